The third-order valence-corrected chi connectivity index (χ3v) is 5.81. The van der Waals surface area contributed by atoms with Gasteiger partial charge in [-0.25, -0.2) is 15.0 Å². The van der Waals surface area contributed by atoms with Crippen LogP contribution in [0.15, 0.2) is 22.9 Å². The summed E-state index contributed by atoms with van der Waals surface area (Å²) in [6.45, 7) is 6.89. The Morgan fingerprint density at radius 2 is 2.07 bits per heavy atom. The summed E-state index contributed by atoms with van der Waals surface area (Å²) in [7, 11) is 0. The van der Waals surface area contributed by atoms with Crippen LogP contribution in [-0.2, 0) is 12.7 Å². The van der Waals surface area contributed by atoms with Crippen molar-refractivity contribution in [1.29, 1.82) is 0 Å². The third kappa shape index (κ3) is 3.83. The van der Waals surface area contributed by atoms with E-state index >= 15 is 0 Å². The number of oxazole rings is 1. The molecule has 0 amide bonds. The Balaban J connectivity index is 1.46. The van der Waals surface area contributed by atoms with E-state index in [0.29, 0.717) is 32.1 Å². The van der Waals surface area contributed by atoms with Crippen molar-refractivity contribution in [2.45, 2.75) is 32.5 Å². The first-order chi connectivity index (χ1) is 13.7. The third-order valence-electron chi connectivity index (χ3n) is 5.81. The highest BCUT2D eigenvalue weighted by molar-refractivity contribution is 5.35. The largest absolute Gasteiger partial charge is 0.448 e. The van der Waals surface area contributed by atoms with Crippen LogP contribution in [0.5, 0.6) is 0 Å². The van der Waals surface area contributed by atoms with Gasteiger partial charge in [0.15, 0.2) is 5.89 Å². The standard InChI is InChI=1S/C19H24F3N5O2/c1-12(2)16-24-14(8-29-16)7-26-5-13-6-27(10-18(13,9-26)11-28)17-23-4-3-15(25-17)19(20,21)22/h3-4,8,12-13,28H,5-7,9-11H2,1-2H3. The molecule has 2 atom stereocenters. The molecule has 0 aliphatic carbocycles. The molecule has 10 heteroatoms. The lowest BCUT2D eigenvalue weighted by molar-refractivity contribution is -0.141. The van der Waals surface area contributed by atoms with E-state index in [-0.39, 0.29) is 24.4 Å². The first-order valence-corrected chi connectivity index (χ1v) is 9.63. The van der Waals surface area contributed by atoms with Gasteiger partial charge in [0.25, 0.3) is 0 Å². The SMILES string of the molecule is CC(C)c1nc(CN2CC3CN(c4nccc(C(F)(F)F)n4)CC3(CO)C2)co1. The number of likely N-dealkylation sites (tertiary alicyclic amines) is 1. The summed E-state index contributed by atoms with van der Waals surface area (Å²) in [6, 6.07) is 0.868. The van der Waals surface area contributed by atoms with Gasteiger partial charge in [-0.15, -0.1) is 0 Å². The van der Waals surface area contributed by atoms with Crippen LogP contribution in [0.1, 0.15) is 37.0 Å². The van der Waals surface area contributed by atoms with Crippen LogP contribution in [0.4, 0.5) is 19.1 Å². The van der Waals surface area contributed by atoms with Gasteiger partial charge in [-0.05, 0) is 12.0 Å². The highest BCUT2D eigenvalue weighted by atomic mass is 19.4. The predicted molar refractivity (Wildman–Crippen MR) is 98.1 cm³/mol. The number of nitrogens with zero attached hydrogens (tertiary/aromatic N) is 5. The van der Waals surface area contributed by atoms with E-state index < -0.39 is 17.3 Å². The van der Waals surface area contributed by atoms with Crippen molar-refractivity contribution in [2.75, 3.05) is 37.7 Å². The Morgan fingerprint density at radius 1 is 1.28 bits per heavy atom. The van der Waals surface area contributed by atoms with Gasteiger partial charge in [0, 0.05) is 50.3 Å². The summed E-state index contributed by atoms with van der Waals surface area (Å²) < 4.78 is 44.4. The normalized spacial score (nSPS) is 25.2. The molecule has 2 saturated heterocycles. The second-order valence-electron chi connectivity index (χ2n) is 8.34. The van der Waals surface area contributed by atoms with E-state index in [1.165, 1.54) is 0 Å². The summed E-state index contributed by atoms with van der Waals surface area (Å²) >= 11 is 0. The zero-order chi connectivity index (χ0) is 20.8. The fourth-order valence-corrected chi connectivity index (χ4v) is 4.34. The van der Waals surface area contributed by atoms with Crippen LogP contribution >= 0.6 is 0 Å². The highest BCUT2D eigenvalue weighted by Gasteiger charge is 2.52. The van der Waals surface area contributed by atoms with Crippen LogP contribution in [0.2, 0.25) is 0 Å². The molecule has 0 aromatic carbocycles. The molecule has 7 nitrogen and oxygen atoms in total. The van der Waals surface area contributed by atoms with Gasteiger partial charge in [-0.3, -0.25) is 4.90 Å². The van der Waals surface area contributed by atoms with E-state index in [0.717, 1.165) is 24.5 Å². The molecule has 2 fully saturated rings. The molecular weight excluding hydrogens is 387 g/mol. The Bertz CT molecular complexity index is 872. The number of halogens is 3. The van der Waals surface area contributed by atoms with Gasteiger partial charge >= 0.3 is 6.18 Å². The van der Waals surface area contributed by atoms with Crippen molar-refractivity contribution in [3.63, 3.8) is 0 Å². The van der Waals surface area contributed by atoms with E-state index in [1.807, 2.05) is 13.8 Å². The maximum atomic E-state index is 13.0. The minimum Gasteiger partial charge on any atom is -0.448 e. The highest BCUT2D eigenvalue weighted by Crippen LogP contribution is 2.43. The summed E-state index contributed by atoms with van der Waals surface area (Å²) in [5.41, 5.74) is -0.520. The molecule has 4 heterocycles. The van der Waals surface area contributed by atoms with E-state index in [2.05, 4.69) is 19.9 Å². The molecule has 2 aromatic rings. The molecule has 2 aliphatic heterocycles. The van der Waals surface area contributed by atoms with Gasteiger partial charge in [0.1, 0.15) is 12.0 Å². The number of aromatic nitrogens is 3. The molecule has 2 aliphatic rings. The molecule has 0 saturated carbocycles. The second kappa shape index (κ2) is 7.24. The molecule has 4 rings (SSSR count). The number of anilines is 1. The zero-order valence-electron chi connectivity index (χ0n) is 16.4. The number of hydrogen-bond acceptors (Lipinski definition) is 7. The van der Waals surface area contributed by atoms with Crippen LogP contribution in [0, 0.1) is 11.3 Å². The van der Waals surface area contributed by atoms with Gasteiger partial charge in [0.05, 0.1) is 12.3 Å². The number of rotatable bonds is 5. The van der Waals surface area contributed by atoms with Crippen molar-refractivity contribution in [3.05, 3.63) is 35.8 Å². The first-order valence-electron chi connectivity index (χ1n) is 9.63. The average molecular weight is 411 g/mol. The smallest absolute Gasteiger partial charge is 0.433 e. The fraction of sp³-hybridized carbons (Fsp3) is 0.632. The molecule has 2 unspecified atom stereocenters. The fourth-order valence-electron chi connectivity index (χ4n) is 4.34. The topological polar surface area (TPSA) is 78.5 Å². The van der Waals surface area contributed by atoms with Crippen molar-refractivity contribution in [1.82, 2.24) is 19.9 Å². The first kappa shape index (κ1) is 20.1. The molecular formula is C19H24F3N5O2. The lowest BCUT2D eigenvalue weighted by atomic mass is 9.82. The molecule has 2 aromatic heterocycles. The minimum absolute atomic E-state index is 0.0420. The average Bonchev–Trinajstić information content (AvgIpc) is 3.34. The number of aliphatic hydroxyl groups is 1. The number of alkyl halides is 3. The molecule has 0 radical (unpaired) electrons. The van der Waals surface area contributed by atoms with E-state index in [9.17, 15) is 18.3 Å². The van der Waals surface area contributed by atoms with Gasteiger partial charge in [-0.2, -0.15) is 13.2 Å². The molecule has 29 heavy (non-hydrogen) atoms. The van der Waals surface area contributed by atoms with Crippen LogP contribution in [-0.4, -0.2) is 57.7 Å². The van der Waals surface area contributed by atoms with Crippen LogP contribution in [0.25, 0.3) is 0 Å². The lowest BCUT2D eigenvalue weighted by Gasteiger charge is -2.27. The summed E-state index contributed by atoms with van der Waals surface area (Å²) in [4.78, 5) is 16.2. The number of aliphatic hydroxyl groups excluding tert-OH is 1. The Kier molecular flexibility index (Phi) is 5.02. The van der Waals surface area contributed by atoms with Crippen molar-refractivity contribution in [3.8, 4) is 0 Å². The number of fused-ring (bicyclic) bond motifs is 1. The Hall–Kier alpha value is -2.20. The van der Waals surface area contributed by atoms with Gasteiger partial charge in [-0.1, -0.05) is 13.8 Å². The van der Waals surface area contributed by atoms with Crippen molar-refractivity contribution in [2.24, 2.45) is 11.3 Å². The molecule has 1 N–H and O–H groups in total. The predicted octanol–water partition coefficient (Wildman–Crippen LogP) is 2.54. The monoisotopic (exact) mass is 411 g/mol. The Labute approximate surface area is 166 Å². The maximum Gasteiger partial charge on any atom is 0.433 e. The van der Waals surface area contributed by atoms with Crippen molar-refractivity contribution < 1.29 is 22.7 Å². The minimum atomic E-state index is -4.51. The van der Waals surface area contributed by atoms with Gasteiger partial charge in [0.2, 0.25) is 5.95 Å². The Morgan fingerprint density at radius 3 is 2.69 bits per heavy atom. The quantitative estimate of drug-likeness (QED) is 0.810. The van der Waals surface area contributed by atoms with Crippen molar-refractivity contribution >= 4 is 5.95 Å². The second-order valence-corrected chi connectivity index (χ2v) is 8.34. The summed E-state index contributed by atoms with van der Waals surface area (Å²) in [5, 5.41) is 10.1. The molecule has 0 bridgehead atoms. The zero-order valence-corrected chi connectivity index (χ0v) is 16.4. The van der Waals surface area contributed by atoms with Gasteiger partial charge < -0.3 is 14.4 Å². The summed E-state index contributed by atoms with van der Waals surface area (Å²) in [5.74, 6) is 1.09. The van der Waals surface area contributed by atoms with Crippen LogP contribution < -0.4 is 4.90 Å². The van der Waals surface area contributed by atoms with E-state index in [4.69, 9.17) is 4.42 Å². The van der Waals surface area contributed by atoms with E-state index in [1.54, 1.807) is 11.2 Å². The summed E-state index contributed by atoms with van der Waals surface area (Å²) in [6.07, 6.45) is -1.71. The molecule has 0 spiro atoms. The maximum absolute atomic E-state index is 13.0. The lowest BCUT2D eigenvalue weighted by Crippen LogP contribution is -2.37. The van der Waals surface area contributed by atoms with Crippen LogP contribution in [0.3, 0.4) is 0 Å². The number of hydrogen-bond donors (Lipinski definition) is 1. The molecule has 158 valence electrons.